The Morgan fingerprint density at radius 1 is 0.395 bits per heavy atom. The van der Waals surface area contributed by atoms with Crippen molar-refractivity contribution in [1.82, 2.24) is 0 Å². The van der Waals surface area contributed by atoms with Crippen LogP contribution in [0.5, 0.6) is 0 Å². The summed E-state index contributed by atoms with van der Waals surface area (Å²) in [6.45, 7) is 20.6. The molecule has 43 heavy (non-hydrogen) atoms. The van der Waals surface area contributed by atoms with E-state index in [9.17, 15) is 0 Å². The lowest BCUT2D eigenvalue weighted by molar-refractivity contribution is -0.0535. The van der Waals surface area contributed by atoms with Gasteiger partial charge in [0.25, 0.3) is 0 Å². The van der Waals surface area contributed by atoms with Crippen LogP contribution in [0.4, 0.5) is 0 Å². The highest BCUT2D eigenvalue weighted by Crippen LogP contribution is 2.32. The first kappa shape index (κ1) is 42.5. The summed E-state index contributed by atoms with van der Waals surface area (Å²) in [5, 5.41) is 0. The topological polar surface area (TPSA) is 111 Å². The molecule has 0 unspecified atom stereocenters. The first-order valence-electron chi connectivity index (χ1n) is 15.5. The van der Waals surface area contributed by atoms with Gasteiger partial charge in [-0.15, -0.1) is 0 Å². The molecule has 0 aromatic carbocycles. The van der Waals surface area contributed by atoms with Crippen LogP contribution in [0, 0.1) is 23.7 Å². The Bertz CT molecular complexity index is 710. The molecular formula is C27H56O12Si4. The highest BCUT2D eigenvalue weighted by Gasteiger charge is 2.67. The van der Waals surface area contributed by atoms with E-state index in [2.05, 4.69) is 30.6 Å². The molecule has 0 heterocycles. The van der Waals surface area contributed by atoms with E-state index >= 15 is 0 Å². The summed E-state index contributed by atoms with van der Waals surface area (Å²) in [5.41, 5.74) is 0. The SMILES string of the molecule is CCCCC#CC#CC[Si](O[Si](OCC)(OCC)OCC)(O[Si](OCC)(OCC)OCC)O[Si](OCC)(OCC)OCC. The fourth-order valence-corrected chi connectivity index (χ4v) is 17.0. The van der Waals surface area contributed by atoms with Crippen molar-refractivity contribution < 1.29 is 52.2 Å². The molecular weight excluding hydrogens is 629 g/mol. The van der Waals surface area contributed by atoms with Crippen molar-refractivity contribution in [3.63, 3.8) is 0 Å². The number of unbranched alkanes of at least 4 members (excludes halogenated alkanes) is 2. The maximum Gasteiger partial charge on any atom is 0.672 e. The van der Waals surface area contributed by atoms with Crippen LogP contribution >= 0.6 is 0 Å². The van der Waals surface area contributed by atoms with Gasteiger partial charge in [0.2, 0.25) is 0 Å². The Hall–Kier alpha value is -0.492. The summed E-state index contributed by atoms with van der Waals surface area (Å²) in [7, 11) is -16.1. The fourth-order valence-electron chi connectivity index (χ4n) is 3.54. The van der Waals surface area contributed by atoms with E-state index < -0.39 is 35.9 Å². The van der Waals surface area contributed by atoms with Gasteiger partial charge in [0, 0.05) is 65.9 Å². The van der Waals surface area contributed by atoms with Crippen LogP contribution in [-0.2, 0) is 52.2 Å². The number of hydrogen-bond acceptors (Lipinski definition) is 12. The Kier molecular flexibility index (Phi) is 24.4. The quantitative estimate of drug-likeness (QED) is 0.0673. The van der Waals surface area contributed by atoms with E-state index in [1.54, 1.807) is 0 Å². The van der Waals surface area contributed by atoms with Crippen molar-refractivity contribution in [2.75, 3.05) is 59.5 Å². The van der Waals surface area contributed by atoms with Crippen LogP contribution in [0.25, 0.3) is 0 Å². The van der Waals surface area contributed by atoms with Crippen LogP contribution in [-0.4, -0.2) is 95.4 Å². The second-order valence-corrected chi connectivity index (χ2v) is 18.0. The Balaban J connectivity index is 7.51. The lowest BCUT2D eigenvalue weighted by atomic mass is 10.2. The van der Waals surface area contributed by atoms with Crippen LogP contribution in [0.1, 0.15) is 88.5 Å². The third-order valence-corrected chi connectivity index (χ3v) is 18.1. The minimum absolute atomic E-state index is 0.0959. The van der Waals surface area contributed by atoms with Crippen LogP contribution in [0.15, 0.2) is 0 Å². The Morgan fingerprint density at radius 2 is 0.674 bits per heavy atom. The van der Waals surface area contributed by atoms with Crippen molar-refractivity contribution >= 4 is 35.9 Å². The second kappa shape index (κ2) is 24.7. The third-order valence-electron chi connectivity index (χ3n) is 4.93. The molecule has 0 atom stereocenters. The average molecular weight is 685 g/mol. The van der Waals surface area contributed by atoms with Crippen LogP contribution in [0.2, 0.25) is 6.04 Å². The summed E-state index contributed by atoms with van der Waals surface area (Å²) in [4.78, 5) is 0. The Morgan fingerprint density at radius 3 is 0.930 bits per heavy atom. The number of hydrogen-bond donors (Lipinski definition) is 0. The highest BCUT2D eigenvalue weighted by molar-refractivity contribution is 6.82. The highest BCUT2D eigenvalue weighted by atomic mass is 28.5. The maximum atomic E-state index is 6.79. The molecule has 0 bridgehead atoms. The van der Waals surface area contributed by atoms with E-state index in [1.807, 2.05) is 62.3 Å². The van der Waals surface area contributed by atoms with Crippen molar-refractivity contribution in [1.29, 1.82) is 0 Å². The molecule has 0 aliphatic carbocycles. The molecule has 0 saturated carbocycles. The zero-order valence-electron chi connectivity index (χ0n) is 28.1. The smallest absolute Gasteiger partial charge is 0.352 e. The molecule has 0 radical (unpaired) electrons. The summed E-state index contributed by atoms with van der Waals surface area (Å²) >= 11 is 0. The van der Waals surface area contributed by atoms with Crippen molar-refractivity contribution in [2.45, 2.75) is 94.5 Å². The summed E-state index contributed by atoms with van der Waals surface area (Å²) < 4.78 is 75.1. The maximum absolute atomic E-state index is 6.79. The van der Waals surface area contributed by atoms with Gasteiger partial charge in [-0.2, -0.15) is 0 Å². The minimum Gasteiger partial charge on any atom is -0.352 e. The first-order chi connectivity index (χ1) is 20.7. The molecule has 0 spiro atoms. The molecule has 0 amide bonds. The third kappa shape index (κ3) is 16.1. The lowest BCUT2D eigenvalue weighted by Gasteiger charge is -2.42. The molecule has 0 N–H and O–H groups in total. The number of rotatable bonds is 27. The molecule has 0 fully saturated rings. The summed E-state index contributed by atoms with van der Waals surface area (Å²) in [6.07, 6.45) is 2.78. The molecule has 0 aromatic heterocycles. The van der Waals surface area contributed by atoms with E-state index in [4.69, 9.17) is 52.2 Å². The van der Waals surface area contributed by atoms with Crippen molar-refractivity contribution in [2.24, 2.45) is 0 Å². The standard InChI is InChI=1S/C27H56O12Si4/c1-11-21-22-23-24-25-26-27-40(37-41(28-12-2,29-13-3)30-14-4,38-42(31-15-5,32-16-6)33-17-7)39-43(34-18-8,35-19-9)36-20-10/h11-22,27H2,1-10H3. The van der Waals surface area contributed by atoms with Gasteiger partial charge in [0.1, 0.15) is 0 Å². The van der Waals surface area contributed by atoms with E-state index in [1.165, 1.54) is 0 Å². The summed E-state index contributed by atoms with van der Waals surface area (Å²) in [6, 6.07) is -0.0959. The van der Waals surface area contributed by atoms with Gasteiger partial charge in [-0.3, -0.25) is 0 Å². The molecule has 16 heteroatoms. The van der Waals surface area contributed by atoms with Gasteiger partial charge in [0.15, 0.2) is 0 Å². The van der Waals surface area contributed by atoms with Gasteiger partial charge in [-0.25, -0.2) is 0 Å². The molecule has 0 rings (SSSR count). The summed E-state index contributed by atoms with van der Waals surface area (Å²) in [5.74, 6) is 12.0. The van der Waals surface area contributed by atoms with E-state index in [-0.39, 0.29) is 65.5 Å². The van der Waals surface area contributed by atoms with Crippen LogP contribution in [0.3, 0.4) is 0 Å². The fraction of sp³-hybridized carbons (Fsp3) is 0.852. The van der Waals surface area contributed by atoms with Crippen molar-refractivity contribution in [3.8, 4) is 23.7 Å². The molecule has 0 saturated heterocycles. The zero-order chi connectivity index (χ0) is 32.5. The lowest BCUT2D eigenvalue weighted by Crippen LogP contribution is -2.70. The zero-order valence-corrected chi connectivity index (χ0v) is 32.1. The average Bonchev–Trinajstić information content (AvgIpc) is 2.94. The van der Waals surface area contributed by atoms with Gasteiger partial charge >= 0.3 is 35.9 Å². The monoisotopic (exact) mass is 684 g/mol. The van der Waals surface area contributed by atoms with Gasteiger partial charge < -0.3 is 52.2 Å². The molecule has 12 nitrogen and oxygen atoms in total. The van der Waals surface area contributed by atoms with Gasteiger partial charge in [-0.05, 0) is 80.6 Å². The Labute approximate surface area is 265 Å². The minimum atomic E-state index is -4.29. The van der Waals surface area contributed by atoms with Crippen molar-refractivity contribution in [3.05, 3.63) is 0 Å². The predicted molar refractivity (Wildman–Crippen MR) is 171 cm³/mol. The molecule has 0 aliphatic heterocycles. The van der Waals surface area contributed by atoms with Gasteiger partial charge in [0.05, 0.1) is 6.04 Å². The second-order valence-electron chi connectivity index (χ2n) is 8.27. The van der Waals surface area contributed by atoms with E-state index in [0.29, 0.717) is 0 Å². The first-order valence-corrected chi connectivity index (χ1v) is 22.4. The predicted octanol–water partition coefficient (Wildman–Crippen LogP) is 4.81. The largest absolute Gasteiger partial charge is 0.672 e. The van der Waals surface area contributed by atoms with Gasteiger partial charge in [-0.1, -0.05) is 25.2 Å². The van der Waals surface area contributed by atoms with Crippen LogP contribution < -0.4 is 0 Å². The normalized spacial score (nSPS) is 12.5. The van der Waals surface area contributed by atoms with E-state index in [0.717, 1.165) is 19.3 Å². The molecule has 0 aliphatic rings. The molecule has 252 valence electrons. The molecule has 0 aromatic rings.